The molecule has 1 aliphatic heterocycles. The largest absolute Gasteiger partial charge is 0.437 e. The molecule has 0 bridgehead atoms. The van der Waals surface area contributed by atoms with Crippen molar-refractivity contribution in [3.63, 3.8) is 0 Å². The van der Waals surface area contributed by atoms with Gasteiger partial charge in [0.2, 0.25) is 5.72 Å². The van der Waals surface area contributed by atoms with Gasteiger partial charge in [0, 0.05) is 5.56 Å². The summed E-state index contributed by atoms with van der Waals surface area (Å²) in [6.07, 6.45) is -5.13. The smallest absolute Gasteiger partial charge is 0.363 e. The molecule has 0 saturated carbocycles. The zero-order chi connectivity index (χ0) is 19.8. The fourth-order valence-corrected chi connectivity index (χ4v) is 3.46. The molecule has 1 heterocycles. The molecule has 1 aliphatic rings. The Morgan fingerprint density at radius 2 is 1.70 bits per heavy atom. The van der Waals surface area contributed by atoms with Crippen LogP contribution in [0.2, 0.25) is 0 Å². The second-order valence-electron chi connectivity index (χ2n) is 6.46. The van der Waals surface area contributed by atoms with Gasteiger partial charge in [-0.05, 0) is 24.7 Å². The van der Waals surface area contributed by atoms with Crippen molar-refractivity contribution in [3.8, 4) is 0 Å². The number of ketones is 1. The fraction of sp³-hybridized carbons (Fsp3) is 0.263. The summed E-state index contributed by atoms with van der Waals surface area (Å²) < 4.78 is 41.5. The summed E-state index contributed by atoms with van der Waals surface area (Å²) in [4.78, 5) is 13.0. The number of benzene rings is 2. The first-order chi connectivity index (χ1) is 12.6. The van der Waals surface area contributed by atoms with E-state index in [0.29, 0.717) is 5.56 Å². The summed E-state index contributed by atoms with van der Waals surface area (Å²) in [6, 6.07) is 13.1. The predicted molar refractivity (Wildman–Crippen MR) is 98.1 cm³/mol. The van der Waals surface area contributed by atoms with Crippen LogP contribution in [0.25, 0.3) is 0 Å². The van der Waals surface area contributed by atoms with Gasteiger partial charge in [0.15, 0.2) is 10.9 Å². The van der Waals surface area contributed by atoms with Crippen molar-refractivity contribution in [2.24, 2.45) is 5.92 Å². The van der Waals surface area contributed by atoms with Crippen molar-refractivity contribution >= 4 is 23.1 Å². The number of halogens is 3. The number of alkyl halides is 3. The van der Waals surface area contributed by atoms with Crippen molar-refractivity contribution in [2.75, 3.05) is 0 Å². The quantitative estimate of drug-likeness (QED) is 0.551. The number of rotatable bonds is 3. The van der Waals surface area contributed by atoms with E-state index in [4.69, 9.17) is 12.2 Å². The van der Waals surface area contributed by atoms with E-state index >= 15 is 0 Å². The Kier molecular flexibility index (Phi) is 4.96. The van der Waals surface area contributed by atoms with Gasteiger partial charge in [0.25, 0.3) is 0 Å². The molecule has 8 heteroatoms. The van der Waals surface area contributed by atoms with Crippen LogP contribution in [0.5, 0.6) is 0 Å². The number of aliphatic hydroxyl groups is 1. The zero-order valence-electron chi connectivity index (χ0n) is 14.2. The normalized spacial score (nSPS) is 25.4. The van der Waals surface area contributed by atoms with E-state index in [1.54, 1.807) is 42.5 Å². The lowest BCUT2D eigenvalue weighted by molar-refractivity contribution is -0.285. The molecule has 3 N–H and O–H groups in total. The highest BCUT2D eigenvalue weighted by Gasteiger charge is 2.65. The fourth-order valence-electron chi connectivity index (χ4n) is 3.17. The molecule has 1 fully saturated rings. The van der Waals surface area contributed by atoms with Crippen LogP contribution in [0.4, 0.5) is 13.2 Å². The molecule has 2 aromatic carbocycles. The maximum Gasteiger partial charge on any atom is 0.437 e. The molecule has 3 rings (SSSR count). The van der Waals surface area contributed by atoms with Gasteiger partial charge in [-0.25, -0.2) is 0 Å². The summed E-state index contributed by atoms with van der Waals surface area (Å²) in [5.74, 6) is -2.72. The molecule has 0 aromatic heterocycles. The molecule has 4 nitrogen and oxygen atoms in total. The number of aryl methyl sites for hydroxylation is 1. The number of nitrogens with one attached hydrogen (secondary N) is 2. The second-order valence-corrected chi connectivity index (χ2v) is 6.87. The van der Waals surface area contributed by atoms with Gasteiger partial charge in [0.1, 0.15) is 5.92 Å². The van der Waals surface area contributed by atoms with E-state index in [1.165, 1.54) is 12.1 Å². The number of Topliss-reactive ketones (excluding diaryl/α,β-unsaturated/α-hetero) is 1. The molecule has 27 heavy (non-hydrogen) atoms. The molecule has 0 radical (unpaired) electrons. The third kappa shape index (κ3) is 3.54. The van der Waals surface area contributed by atoms with Gasteiger partial charge < -0.3 is 15.7 Å². The topological polar surface area (TPSA) is 61.4 Å². The van der Waals surface area contributed by atoms with Crippen molar-refractivity contribution < 1.29 is 23.1 Å². The van der Waals surface area contributed by atoms with Gasteiger partial charge >= 0.3 is 6.18 Å². The van der Waals surface area contributed by atoms with E-state index in [-0.39, 0.29) is 10.7 Å². The van der Waals surface area contributed by atoms with Crippen LogP contribution in [0.3, 0.4) is 0 Å². The lowest BCUT2D eigenvalue weighted by Gasteiger charge is -2.46. The minimum absolute atomic E-state index is 0.0682. The van der Waals surface area contributed by atoms with Crippen molar-refractivity contribution in [1.82, 2.24) is 10.6 Å². The molecule has 3 atom stereocenters. The zero-order valence-corrected chi connectivity index (χ0v) is 15.1. The first kappa shape index (κ1) is 19.3. The Labute approximate surface area is 159 Å². The third-order valence-corrected chi connectivity index (χ3v) is 4.80. The Balaban J connectivity index is 2.15. The maximum absolute atomic E-state index is 13.8. The van der Waals surface area contributed by atoms with Crippen LogP contribution in [0.1, 0.15) is 27.5 Å². The average Bonchev–Trinajstić information content (AvgIpc) is 2.61. The standard InChI is InChI=1S/C19H17F3N2O2S/c1-11-7-9-12(10-8-11)15-14(16(25)13-5-3-2-4-6-13)18(26,19(20,21)22)24-17(27)23-15/h2-10,14-15,26H,1H3,(H2,23,24,27)/t14-,15+,18-/m0/s1. The summed E-state index contributed by atoms with van der Waals surface area (Å²) >= 11 is 4.89. The van der Waals surface area contributed by atoms with E-state index in [1.807, 2.05) is 12.2 Å². The number of carbonyl (C=O) groups excluding carboxylic acids is 1. The third-order valence-electron chi connectivity index (χ3n) is 4.58. The Morgan fingerprint density at radius 3 is 2.26 bits per heavy atom. The van der Waals surface area contributed by atoms with Gasteiger partial charge in [-0.3, -0.25) is 4.79 Å². The SMILES string of the molecule is Cc1ccc([C@H]2NC(=S)N[C@@](O)(C(F)(F)F)[C@@H]2C(=O)c2ccccc2)cc1. The van der Waals surface area contributed by atoms with Crippen molar-refractivity contribution in [3.05, 3.63) is 71.3 Å². The van der Waals surface area contributed by atoms with E-state index in [0.717, 1.165) is 5.56 Å². The first-order valence-electron chi connectivity index (χ1n) is 8.17. The monoisotopic (exact) mass is 394 g/mol. The second kappa shape index (κ2) is 6.94. The van der Waals surface area contributed by atoms with Crippen LogP contribution in [-0.4, -0.2) is 27.9 Å². The van der Waals surface area contributed by atoms with Crippen LogP contribution in [-0.2, 0) is 0 Å². The number of thiocarbonyl (C=S) groups is 1. The number of hydrogen-bond acceptors (Lipinski definition) is 3. The van der Waals surface area contributed by atoms with Crippen LogP contribution < -0.4 is 10.6 Å². The van der Waals surface area contributed by atoms with Gasteiger partial charge in [0.05, 0.1) is 6.04 Å². The predicted octanol–water partition coefficient (Wildman–Crippen LogP) is 3.26. The highest BCUT2D eigenvalue weighted by molar-refractivity contribution is 7.80. The minimum atomic E-state index is -5.13. The van der Waals surface area contributed by atoms with Gasteiger partial charge in [-0.2, -0.15) is 13.2 Å². The van der Waals surface area contributed by atoms with Crippen molar-refractivity contribution in [2.45, 2.75) is 24.9 Å². The number of hydrogen-bond donors (Lipinski definition) is 3. The summed E-state index contributed by atoms with van der Waals surface area (Å²) in [5.41, 5.74) is -2.11. The van der Waals surface area contributed by atoms with E-state index in [9.17, 15) is 23.1 Å². The molecule has 0 aliphatic carbocycles. The maximum atomic E-state index is 13.8. The molecule has 2 aromatic rings. The molecular weight excluding hydrogens is 377 g/mol. The van der Waals surface area contributed by atoms with Crippen LogP contribution in [0, 0.1) is 12.8 Å². The highest BCUT2D eigenvalue weighted by Crippen LogP contribution is 2.43. The van der Waals surface area contributed by atoms with Gasteiger partial charge in [-0.15, -0.1) is 0 Å². The van der Waals surface area contributed by atoms with E-state index < -0.39 is 29.6 Å². The summed E-state index contributed by atoms with van der Waals surface area (Å²) in [5, 5.41) is 14.8. The molecule has 0 amide bonds. The minimum Gasteiger partial charge on any atom is -0.363 e. The lowest BCUT2D eigenvalue weighted by Crippen LogP contribution is -2.72. The summed E-state index contributed by atoms with van der Waals surface area (Å²) in [7, 11) is 0. The molecule has 142 valence electrons. The molecule has 0 unspecified atom stereocenters. The average molecular weight is 394 g/mol. The molecular formula is C19H17F3N2O2S. The Hall–Kier alpha value is -2.45. The Morgan fingerprint density at radius 1 is 1.11 bits per heavy atom. The van der Waals surface area contributed by atoms with Gasteiger partial charge in [-0.1, -0.05) is 60.2 Å². The van der Waals surface area contributed by atoms with Crippen LogP contribution in [0.15, 0.2) is 54.6 Å². The first-order valence-corrected chi connectivity index (χ1v) is 8.58. The Bertz CT molecular complexity index is 856. The van der Waals surface area contributed by atoms with E-state index in [2.05, 4.69) is 5.32 Å². The van der Waals surface area contributed by atoms with Crippen molar-refractivity contribution in [1.29, 1.82) is 0 Å². The molecule has 1 saturated heterocycles. The summed E-state index contributed by atoms with van der Waals surface area (Å²) in [6.45, 7) is 1.84. The number of carbonyl (C=O) groups is 1. The lowest BCUT2D eigenvalue weighted by atomic mass is 9.77. The van der Waals surface area contributed by atoms with Crippen LogP contribution >= 0.6 is 12.2 Å². The molecule has 0 spiro atoms. The highest BCUT2D eigenvalue weighted by atomic mass is 32.1.